The van der Waals surface area contributed by atoms with E-state index in [4.69, 9.17) is 0 Å². The molecule has 0 aromatic rings. The second-order valence-corrected chi connectivity index (χ2v) is 1.30. The van der Waals surface area contributed by atoms with Crippen molar-refractivity contribution in [1.29, 1.82) is 0 Å². The molecule has 0 N–H and O–H groups in total. The maximum absolute atomic E-state index is 3.10. The molecule has 0 unspecified atom stereocenters. The van der Waals surface area contributed by atoms with Gasteiger partial charge in [0, 0.05) is 16.5 Å². The molecule has 0 aromatic carbocycles. The van der Waals surface area contributed by atoms with Crippen molar-refractivity contribution in [3.8, 4) is 0 Å². The van der Waals surface area contributed by atoms with Crippen molar-refractivity contribution in [2.45, 2.75) is 19.3 Å². The summed E-state index contributed by atoms with van der Waals surface area (Å²) in [6.07, 6.45) is 9.00. The molecule has 37 valence electrons. The topological polar surface area (TPSA) is 0 Å². The van der Waals surface area contributed by atoms with Crippen LogP contribution in [0.4, 0.5) is 0 Å². The van der Waals surface area contributed by atoms with Gasteiger partial charge in [-0.05, 0) is 25.3 Å². The first-order valence-corrected chi connectivity index (χ1v) is 2.05. The van der Waals surface area contributed by atoms with E-state index in [9.17, 15) is 0 Å². The Hall–Kier alpha value is 0.234. The van der Waals surface area contributed by atoms with Crippen LogP contribution in [0, 0.1) is 6.08 Å². The Morgan fingerprint density at radius 2 is 2.33 bits per heavy atom. The summed E-state index contributed by atoms with van der Waals surface area (Å²) in [7, 11) is 0. The van der Waals surface area contributed by atoms with Crippen molar-refractivity contribution >= 4 is 0 Å². The zero-order valence-corrected chi connectivity index (χ0v) is 4.50. The van der Waals surface area contributed by atoms with Gasteiger partial charge in [0.05, 0.1) is 0 Å². The molecule has 0 nitrogen and oxygen atoms in total. The van der Waals surface area contributed by atoms with Crippen LogP contribution < -0.4 is 0 Å². The zero-order chi connectivity index (χ0) is 3.54. The molecule has 1 rings (SSSR count). The maximum Gasteiger partial charge on any atom is 0 e. The monoisotopic (exact) mass is 125 g/mol. The molecule has 1 radical (unpaired) electrons. The second-order valence-electron chi connectivity index (χ2n) is 1.30. The molecule has 0 saturated heterocycles. The van der Waals surface area contributed by atoms with Gasteiger partial charge in [0.2, 0.25) is 0 Å². The van der Waals surface area contributed by atoms with E-state index >= 15 is 0 Å². The van der Waals surface area contributed by atoms with E-state index < -0.39 is 0 Å². The van der Waals surface area contributed by atoms with Crippen molar-refractivity contribution in [2.24, 2.45) is 0 Å². The molecule has 0 spiro atoms. The summed E-state index contributed by atoms with van der Waals surface area (Å²) in [6, 6.07) is 0. The average Bonchev–Trinajstić information content (AvgIpc) is 1.76. The molecular weight excluding hydrogens is 119 g/mol. The quantitative estimate of drug-likeness (QED) is 0.431. The Morgan fingerprint density at radius 1 is 1.50 bits per heavy atom. The predicted octanol–water partition coefficient (Wildman–Crippen LogP) is 1.53. The first-order chi connectivity index (χ1) is 2.50. The fourth-order valence-corrected chi connectivity index (χ4v) is 0.510. The summed E-state index contributed by atoms with van der Waals surface area (Å²) in [5.74, 6) is 0. The largest absolute Gasteiger partial charge is 0.0810 e. The van der Waals surface area contributed by atoms with E-state index in [0.717, 1.165) is 0 Å². The molecule has 0 bridgehead atoms. The summed E-state index contributed by atoms with van der Waals surface area (Å²) in [5.41, 5.74) is 0. The zero-order valence-electron chi connectivity index (χ0n) is 3.51. The van der Waals surface area contributed by atoms with E-state index in [-0.39, 0.29) is 16.5 Å². The van der Waals surface area contributed by atoms with Crippen LogP contribution in [-0.4, -0.2) is 0 Å². The van der Waals surface area contributed by atoms with Crippen LogP contribution in [0.2, 0.25) is 0 Å². The first kappa shape index (κ1) is 6.23. The molecule has 0 atom stereocenters. The van der Waals surface area contributed by atoms with Gasteiger partial charge >= 0.3 is 0 Å². The van der Waals surface area contributed by atoms with Crippen LogP contribution >= 0.6 is 0 Å². The van der Waals surface area contributed by atoms with E-state index in [2.05, 4.69) is 12.2 Å². The van der Waals surface area contributed by atoms with Crippen LogP contribution in [0.25, 0.3) is 0 Å². The fraction of sp³-hybridized carbons (Fsp3) is 0.600. The Balaban J connectivity index is 0.000000250. The van der Waals surface area contributed by atoms with E-state index in [1.54, 1.807) is 0 Å². The van der Waals surface area contributed by atoms with Crippen molar-refractivity contribution < 1.29 is 16.5 Å². The second kappa shape index (κ2) is 3.42. The third-order valence-corrected chi connectivity index (χ3v) is 0.814. The molecule has 0 amide bonds. The Labute approximate surface area is 48.6 Å². The molecule has 0 aromatic heterocycles. The minimum Gasteiger partial charge on any atom is -0.0810 e. The molecule has 6 heavy (non-hydrogen) atoms. The van der Waals surface area contributed by atoms with Crippen LogP contribution in [-0.2, 0) is 16.5 Å². The maximum atomic E-state index is 3.10. The number of allylic oxidation sites excluding steroid dienone is 2. The summed E-state index contributed by atoms with van der Waals surface area (Å²) < 4.78 is 0. The van der Waals surface area contributed by atoms with Gasteiger partial charge in [0.1, 0.15) is 0 Å². The summed E-state index contributed by atoms with van der Waals surface area (Å²) in [5, 5.41) is 0. The Kier molecular flexibility index (Phi) is 3.56. The van der Waals surface area contributed by atoms with Crippen LogP contribution in [0.5, 0.6) is 0 Å². The molecule has 1 heteroatoms. The predicted molar refractivity (Wildman–Crippen MR) is 21.7 cm³/mol. The molecule has 0 fully saturated rings. The molecule has 1 aliphatic rings. The molecule has 0 saturated carbocycles. The van der Waals surface area contributed by atoms with Crippen LogP contribution in [0.3, 0.4) is 0 Å². The number of rotatable bonds is 0. The van der Waals surface area contributed by atoms with Gasteiger partial charge in [-0.2, -0.15) is 0 Å². The standard InChI is InChI=1S/C5H7.Ni/c1-2-4-5-3-1;/h1H,2,4-5H2;. The average molecular weight is 126 g/mol. The third-order valence-electron chi connectivity index (χ3n) is 0.814. The molecule has 1 aliphatic carbocycles. The van der Waals surface area contributed by atoms with Crippen molar-refractivity contribution in [1.82, 2.24) is 0 Å². The molecular formula is C5H7Ni. The minimum atomic E-state index is 0. The summed E-state index contributed by atoms with van der Waals surface area (Å²) in [6.45, 7) is 0. The summed E-state index contributed by atoms with van der Waals surface area (Å²) >= 11 is 0. The van der Waals surface area contributed by atoms with Crippen molar-refractivity contribution in [3.05, 3.63) is 12.2 Å². The van der Waals surface area contributed by atoms with Crippen molar-refractivity contribution in [2.75, 3.05) is 0 Å². The van der Waals surface area contributed by atoms with Gasteiger partial charge in [-0.1, -0.05) is 6.08 Å². The van der Waals surface area contributed by atoms with E-state index in [0.29, 0.717) is 0 Å². The minimum absolute atomic E-state index is 0. The SMILES string of the molecule is [C]1=CCCC1.[Ni]. The Bertz CT molecular complexity index is 41.9. The fourth-order valence-electron chi connectivity index (χ4n) is 0.510. The van der Waals surface area contributed by atoms with E-state index in [1.807, 2.05) is 0 Å². The van der Waals surface area contributed by atoms with E-state index in [1.165, 1.54) is 19.3 Å². The van der Waals surface area contributed by atoms with Crippen LogP contribution in [0.15, 0.2) is 6.08 Å². The van der Waals surface area contributed by atoms with Gasteiger partial charge in [0.25, 0.3) is 0 Å². The Morgan fingerprint density at radius 3 is 2.50 bits per heavy atom. The smallest absolute Gasteiger partial charge is 0 e. The molecule has 0 heterocycles. The normalized spacial score (nSPS) is 17.3. The third kappa shape index (κ3) is 1.62. The van der Waals surface area contributed by atoms with Gasteiger partial charge in [0.15, 0.2) is 0 Å². The van der Waals surface area contributed by atoms with Gasteiger partial charge in [-0.3, -0.25) is 0 Å². The van der Waals surface area contributed by atoms with Gasteiger partial charge < -0.3 is 0 Å². The van der Waals surface area contributed by atoms with Crippen LogP contribution in [0.1, 0.15) is 19.3 Å². The van der Waals surface area contributed by atoms with Crippen molar-refractivity contribution in [3.63, 3.8) is 0 Å². The molecule has 0 aliphatic heterocycles. The number of hydrogen-bond donors (Lipinski definition) is 0. The first-order valence-electron chi connectivity index (χ1n) is 2.05. The van der Waals surface area contributed by atoms with Gasteiger partial charge in [-0.15, -0.1) is 0 Å². The summed E-state index contributed by atoms with van der Waals surface area (Å²) in [4.78, 5) is 0. The number of hydrogen-bond acceptors (Lipinski definition) is 0. The van der Waals surface area contributed by atoms with Gasteiger partial charge in [-0.25, -0.2) is 0 Å².